The van der Waals surface area contributed by atoms with Crippen LogP contribution in [0, 0.1) is 11.8 Å². The highest BCUT2D eigenvalue weighted by molar-refractivity contribution is 7.91. The minimum absolute atomic E-state index is 0.0178. The Morgan fingerprint density at radius 1 is 1.02 bits per heavy atom. The lowest BCUT2D eigenvalue weighted by Crippen LogP contribution is -2.22. The second-order valence-corrected chi connectivity index (χ2v) is 11.4. The van der Waals surface area contributed by atoms with Crippen LogP contribution in [0.4, 0.5) is 22.0 Å². The van der Waals surface area contributed by atoms with Gasteiger partial charge in [-0.05, 0) is 42.0 Å². The van der Waals surface area contributed by atoms with Crippen molar-refractivity contribution in [1.29, 1.82) is 0 Å². The van der Waals surface area contributed by atoms with E-state index in [0.717, 1.165) is 46.2 Å². The zero-order valence-corrected chi connectivity index (χ0v) is 21.7. The second-order valence-electron chi connectivity index (χ2n) is 8.29. The van der Waals surface area contributed by atoms with Gasteiger partial charge in [0.15, 0.2) is 5.65 Å². The van der Waals surface area contributed by atoms with E-state index in [-0.39, 0.29) is 33.2 Å². The molecule has 204 valence electrons. The molecule has 5 rings (SSSR count). The highest BCUT2D eigenvalue weighted by Gasteiger charge is 2.30. The molecule has 1 N–H and O–H groups in total. The summed E-state index contributed by atoms with van der Waals surface area (Å²) in [7, 11) is -3.82. The summed E-state index contributed by atoms with van der Waals surface area (Å²) in [5.41, 5.74) is -0.356. The predicted molar refractivity (Wildman–Crippen MR) is 137 cm³/mol. The van der Waals surface area contributed by atoms with Gasteiger partial charge in [0.1, 0.15) is 9.90 Å². The smallest absolute Gasteiger partial charge is 0.264 e. The Balaban J connectivity index is 1.44. The van der Waals surface area contributed by atoms with Crippen molar-refractivity contribution in [2.45, 2.75) is 23.4 Å². The summed E-state index contributed by atoms with van der Waals surface area (Å²) in [5, 5.41) is 3.95. The van der Waals surface area contributed by atoms with E-state index >= 15 is 0 Å². The molecule has 7 nitrogen and oxygen atoms in total. The maximum atomic E-state index is 13.8. The molecule has 4 heterocycles. The zero-order valence-electron chi connectivity index (χ0n) is 20.0. The summed E-state index contributed by atoms with van der Waals surface area (Å²) >= 11 is 0.914. The summed E-state index contributed by atoms with van der Waals surface area (Å²) in [6.07, 6.45) is -3.15. The molecule has 0 fully saturated rings. The monoisotopic (exact) mass is 589 g/mol. The lowest BCUT2D eigenvalue weighted by molar-refractivity contribution is -0.137. The topological polar surface area (TPSA) is 89.2 Å². The summed E-state index contributed by atoms with van der Waals surface area (Å²) < 4.78 is 95.2. The Labute approximate surface area is 228 Å². The molecule has 0 bridgehead atoms. The summed E-state index contributed by atoms with van der Waals surface area (Å²) in [6.45, 7) is 0.0525. The van der Waals surface area contributed by atoms with Gasteiger partial charge in [-0.3, -0.25) is 4.98 Å². The molecular weight excluding hydrogens is 573 g/mol. The molecule has 0 amide bonds. The van der Waals surface area contributed by atoms with Gasteiger partial charge in [0.2, 0.25) is 10.0 Å². The van der Waals surface area contributed by atoms with Crippen molar-refractivity contribution in [2.24, 2.45) is 0 Å². The standard InChI is InChI=1S/C26H16F5N5O2S2/c27-24(28)22-12-21(17-3-6-19(7-4-17)26(29,30)31)35-25-18(15-33-36(22)25)5-8-20-9-10-23(39-20)40(37,38)34-14-16-2-1-11-32-13-16/h1-4,6-7,9-13,15,24,34H,14H2. The summed E-state index contributed by atoms with van der Waals surface area (Å²) in [6, 6.07) is 11.4. The number of fused-ring (bicyclic) bond motifs is 1. The Bertz CT molecular complexity index is 1840. The van der Waals surface area contributed by atoms with Gasteiger partial charge in [-0.15, -0.1) is 11.3 Å². The number of halogens is 5. The van der Waals surface area contributed by atoms with Gasteiger partial charge < -0.3 is 0 Å². The SMILES string of the molecule is O=S(=O)(NCc1cccnc1)c1ccc(C#Cc2cnn3c(C(F)F)cc(-c4ccc(C(F)(F)F)cc4)nc23)s1. The minimum atomic E-state index is -4.55. The average Bonchev–Trinajstić information content (AvgIpc) is 3.58. The number of nitrogens with one attached hydrogen (secondary N) is 1. The van der Waals surface area contributed by atoms with Crippen LogP contribution >= 0.6 is 11.3 Å². The van der Waals surface area contributed by atoms with E-state index in [0.29, 0.717) is 10.4 Å². The Morgan fingerprint density at radius 3 is 2.48 bits per heavy atom. The van der Waals surface area contributed by atoms with Crippen molar-refractivity contribution in [2.75, 3.05) is 0 Å². The molecule has 0 spiro atoms. The van der Waals surface area contributed by atoms with E-state index in [4.69, 9.17) is 0 Å². The molecular formula is C26H16F5N5O2S2. The van der Waals surface area contributed by atoms with Crippen LogP contribution in [0.3, 0.4) is 0 Å². The molecule has 40 heavy (non-hydrogen) atoms. The first-order chi connectivity index (χ1) is 19.0. The number of aromatic nitrogens is 4. The molecule has 0 saturated heterocycles. The lowest BCUT2D eigenvalue weighted by Gasteiger charge is -2.10. The van der Waals surface area contributed by atoms with Crippen LogP contribution in [0.25, 0.3) is 16.9 Å². The third kappa shape index (κ3) is 5.86. The van der Waals surface area contributed by atoms with Gasteiger partial charge in [0.25, 0.3) is 6.43 Å². The number of hydrogen-bond acceptors (Lipinski definition) is 6. The van der Waals surface area contributed by atoms with E-state index in [1.165, 1.54) is 18.3 Å². The fourth-order valence-electron chi connectivity index (χ4n) is 3.62. The third-order valence-corrected chi connectivity index (χ3v) is 8.48. The van der Waals surface area contributed by atoms with E-state index < -0.39 is 33.9 Å². The fourth-order valence-corrected chi connectivity index (χ4v) is 5.84. The third-order valence-electron chi connectivity index (χ3n) is 5.59. The Morgan fingerprint density at radius 2 is 1.80 bits per heavy atom. The molecule has 0 aliphatic heterocycles. The van der Waals surface area contributed by atoms with Crippen molar-refractivity contribution in [1.82, 2.24) is 24.3 Å². The molecule has 0 aliphatic carbocycles. The van der Waals surface area contributed by atoms with Crippen LogP contribution < -0.4 is 4.72 Å². The maximum Gasteiger partial charge on any atom is 0.416 e. The number of pyridine rings is 1. The number of hydrogen-bond donors (Lipinski definition) is 1. The maximum absolute atomic E-state index is 13.8. The van der Waals surface area contributed by atoms with Crippen LogP contribution in [0.15, 0.2) is 77.4 Å². The molecule has 5 aromatic rings. The van der Waals surface area contributed by atoms with E-state index in [2.05, 4.69) is 31.6 Å². The van der Waals surface area contributed by atoms with E-state index in [9.17, 15) is 30.4 Å². The predicted octanol–water partition coefficient (Wildman–Crippen LogP) is 5.69. The van der Waals surface area contributed by atoms with Gasteiger partial charge in [0.05, 0.1) is 27.9 Å². The average molecular weight is 590 g/mol. The fraction of sp³-hybridized carbons (Fsp3) is 0.115. The second kappa shape index (κ2) is 10.8. The largest absolute Gasteiger partial charge is 0.416 e. The number of nitrogens with zero attached hydrogens (tertiary/aromatic N) is 4. The first kappa shape index (κ1) is 27.4. The number of alkyl halides is 5. The Kier molecular flexibility index (Phi) is 7.37. The van der Waals surface area contributed by atoms with Gasteiger partial charge in [0, 0.05) is 24.5 Å². The van der Waals surface area contributed by atoms with Crippen LogP contribution in [0.1, 0.15) is 33.7 Å². The van der Waals surface area contributed by atoms with Gasteiger partial charge >= 0.3 is 6.18 Å². The quantitative estimate of drug-likeness (QED) is 0.203. The molecule has 0 atom stereocenters. The molecule has 0 radical (unpaired) electrons. The highest BCUT2D eigenvalue weighted by Crippen LogP contribution is 2.32. The minimum Gasteiger partial charge on any atom is -0.264 e. The number of thiophene rings is 1. The number of rotatable bonds is 6. The first-order valence-corrected chi connectivity index (χ1v) is 13.7. The van der Waals surface area contributed by atoms with Crippen LogP contribution in [0.5, 0.6) is 0 Å². The molecule has 4 aromatic heterocycles. The lowest BCUT2D eigenvalue weighted by atomic mass is 10.1. The van der Waals surface area contributed by atoms with Gasteiger partial charge in [-0.25, -0.2) is 31.4 Å². The van der Waals surface area contributed by atoms with Crippen LogP contribution in [-0.4, -0.2) is 28.0 Å². The van der Waals surface area contributed by atoms with Gasteiger partial charge in [-0.2, -0.15) is 18.3 Å². The zero-order chi connectivity index (χ0) is 28.5. The molecule has 1 aromatic carbocycles. The van der Waals surface area contributed by atoms with Crippen LogP contribution in [-0.2, 0) is 22.7 Å². The molecule has 0 saturated carbocycles. The first-order valence-electron chi connectivity index (χ1n) is 11.4. The molecule has 0 aliphatic rings. The normalized spacial score (nSPS) is 12.1. The Hall–Kier alpha value is -4.19. The number of sulfonamides is 1. The van der Waals surface area contributed by atoms with Crippen molar-refractivity contribution in [3.05, 3.63) is 100 Å². The summed E-state index contributed by atoms with van der Waals surface area (Å²) in [5.74, 6) is 5.58. The van der Waals surface area contributed by atoms with E-state index in [1.807, 2.05) is 0 Å². The molecule has 14 heteroatoms. The highest BCUT2D eigenvalue weighted by atomic mass is 32.2. The van der Waals surface area contributed by atoms with E-state index in [1.54, 1.807) is 24.5 Å². The van der Waals surface area contributed by atoms with Crippen molar-refractivity contribution in [3.63, 3.8) is 0 Å². The van der Waals surface area contributed by atoms with Gasteiger partial charge in [-0.1, -0.05) is 30.0 Å². The summed E-state index contributed by atoms with van der Waals surface area (Å²) in [4.78, 5) is 8.65. The van der Waals surface area contributed by atoms with Crippen molar-refractivity contribution in [3.8, 4) is 23.1 Å². The van der Waals surface area contributed by atoms with Crippen LogP contribution in [0.2, 0.25) is 0 Å². The van der Waals surface area contributed by atoms with Crippen molar-refractivity contribution < 1.29 is 30.4 Å². The molecule has 0 unspecified atom stereocenters. The van der Waals surface area contributed by atoms with Crippen molar-refractivity contribution >= 4 is 27.0 Å². The number of benzene rings is 1.